The lowest BCUT2D eigenvalue weighted by Crippen LogP contribution is -2.42. The molecule has 1 aromatic heterocycles. The zero-order valence-corrected chi connectivity index (χ0v) is 11.6. The minimum atomic E-state index is -0.704. The lowest BCUT2D eigenvalue weighted by Gasteiger charge is -2.13. The van der Waals surface area contributed by atoms with Crippen molar-refractivity contribution in [2.75, 3.05) is 12.9 Å². The number of thioether (sulfide) groups is 1. The summed E-state index contributed by atoms with van der Waals surface area (Å²) < 4.78 is 9.98. The van der Waals surface area contributed by atoms with E-state index in [9.17, 15) is 9.59 Å². The molecule has 6 nitrogen and oxygen atoms in total. The van der Waals surface area contributed by atoms with Crippen molar-refractivity contribution in [3.63, 3.8) is 0 Å². The number of hydrogen-bond acceptors (Lipinski definition) is 6. The number of carbonyl (C=O) groups is 2. The molecule has 1 rings (SSSR count). The average molecular weight is 272 g/mol. The number of ether oxygens (including phenoxy) is 1. The first-order chi connectivity index (χ1) is 8.43. The minimum absolute atomic E-state index is 0.286. The number of carbonyl (C=O) groups excluding carboxylic acids is 2. The molecular formula is C11H16N2O4S. The molecule has 0 spiro atoms. The van der Waals surface area contributed by atoms with Crippen molar-refractivity contribution in [1.29, 1.82) is 0 Å². The highest BCUT2D eigenvalue weighted by molar-refractivity contribution is 7.99. The standard InChI is InChI=1S/C11H16N2O4S/c1-6-7(2)17-11(12-6)18-5-9(10(15)16-4)13-8(3)14/h9H,5H2,1-4H3,(H,13,14). The molecule has 1 aromatic rings. The Labute approximate surface area is 109 Å². The first-order valence-corrected chi connectivity index (χ1v) is 6.34. The molecule has 0 aromatic carbocycles. The van der Waals surface area contributed by atoms with Gasteiger partial charge in [-0.25, -0.2) is 9.78 Å². The fraction of sp³-hybridized carbons (Fsp3) is 0.545. The van der Waals surface area contributed by atoms with E-state index in [2.05, 4.69) is 15.0 Å². The van der Waals surface area contributed by atoms with Crippen molar-refractivity contribution in [2.45, 2.75) is 32.0 Å². The number of nitrogens with zero attached hydrogens (tertiary/aromatic N) is 1. The second kappa shape index (κ2) is 6.44. The van der Waals surface area contributed by atoms with E-state index in [0.717, 1.165) is 11.5 Å². The summed E-state index contributed by atoms with van der Waals surface area (Å²) in [6.07, 6.45) is 0. The van der Waals surface area contributed by atoms with Gasteiger partial charge in [0.05, 0.1) is 12.8 Å². The van der Waals surface area contributed by atoms with Gasteiger partial charge in [-0.3, -0.25) is 4.79 Å². The predicted octanol–water partition coefficient (Wildman–Crippen LogP) is 1.06. The Kier molecular flexibility index (Phi) is 5.21. The maximum Gasteiger partial charge on any atom is 0.329 e. The van der Waals surface area contributed by atoms with Crippen LogP contribution in [0.4, 0.5) is 0 Å². The Morgan fingerprint density at radius 2 is 2.17 bits per heavy atom. The van der Waals surface area contributed by atoms with E-state index >= 15 is 0 Å². The van der Waals surface area contributed by atoms with E-state index in [4.69, 9.17) is 4.42 Å². The molecule has 0 aliphatic carbocycles. The maximum absolute atomic E-state index is 11.4. The van der Waals surface area contributed by atoms with Crippen LogP contribution in [0.2, 0.25) is 0 Å². The average Bonchev–Trinajstić information content (AvgIpc) is 2.62. The molecule has 0 saturated heterocycles. The third kappa shape index (κ3) is 4.06. The maximum atomic E-state index is 11.4. The van der Waals surface area contributed by atoms with E-state index in [-0.39, 0.29) is 5.91 Å². The van der Waals surface area contributed by atoms with Crippen molar-refractivity contribution in [2.24, 2.45) is 0 Å². The van der Waals surface area contributed by atoms with Gasteiger partial charge < -0.3 is 14.5 Å². The highest BCUT2D eigenvalue weighted by atomic mass is 32.2. The number of amides is 1. The van der Waals surface area contributed by atoms with Crippen LogP contribution in [0.3, 0.4) is 0 Å². The molecule has 0 radical (unpaired) electrons. The van der Waals surface area contributed by atoms with Gasteiger partial charge in [0.1, 0.15) is 11.8 Å². The summed E-state index contributed by atoms with van der Waals surface area (Å²) in [7, 11) is 1.28. The Morgan fingerprint density at radius 1 is 1.50 bits per heavy atom. The number of hydrogen-bond donors (Lipinski definition) is 1. The fourth-order valence-electron chi connectivity index (χ4n) is 1.22. The minimum Gasteiger partial charge on any atom is -0.467 e. The smallest absolute Gasteiger partial charge is 0.329 e. The van der Waals surface area contributed by atoms with Gasteiger partial charge in [-0.05, 0) is 13.8 Å². The summed E-state index contributed by atoms with van der Waals surface area (Å²) in [6.45, 7) is 5.01. The van der Waals surface area contributed by atoms with Gasteiger partial charge in [0, 0.05) is 12.7 Å². The highest BCUT2D eigenvalue weighted by Crippen LogP contribution is 2.21. The molecule has 1 unspecified atom stereocenters. The molecule has 0 bridgehead atoms. The zero-order chi connectivity index (χ0) is 13.7. The molecule has 0 aliphatic heterocycles. The van der Waals surface area contributed by atoms with Gasteiger partial charge in [-0.1, -0.05) is 11.8 Å². The number of esters is 1. The van der Waals surface area contributed by atoms with Gasteiger partial charge in [-0.15, -0.1) is 0 Å². The molecule has 0 aliphatic rings. The van der Waals surface area contributed by atoms with Crippen molar-refractivity contribution >= 4 is 23.6 Å². The van der Waals surface area contributed by atoms with Crippen LogP contribution in [0, 0.1) is 13.8 Å². The van der Waals surface area contributed by atoms with Crippen molar-refractivity contribution in [3.8, 4) is 0 Å². The number of methoxy groups -OCH3 is 1. The summed E-state index contributed by atoms with van der Waals surface area (Å²) in [6, 6.07) is -0.704. The summed E-state index contributed by atoms with van der Waals surface area (Å²) in [5, 5.41) is 2.99. The third-order valence-electron chi connectivity index (χ3n) is 2.25. The van der Waals surface area contributed by atoms with Crippen LogP contribution in [0.15, 0.2) is 9.64 Å². The summed E-state index contributed by atoms with van der Waals surface area (Å²) in [4.78, 5) is 26.6. The Morgan fingerprint density at radius 3 is 2.61 bits per heavy atom. The van der Waals surface area contributed by atoms with Crippen LogP contribution in [-0.2, 0) is 14.3 Å². The summed E-state index contributed by atoms with van der Waals surface area (Å²) in [5.41, 5.74) is 0.812. The van der Waals surface area contributed by atoms with Crippen LogP contribution in [0.1, 0.15) is 18.4 Å². The number of aryl methyl sites for hydroxylation is 2. The number of oxazole rings is 1. The van der Waals surface area contributed by atoms with Crippen LogP contribution in [0.25, 0.3) is 0 Å². The number of nitrogens with one attached hydrogen (secondary N) is 1. The van der Waals surface area contributed by atoms with E-state index in [1.165, 1.54) is 25.8 Å². The lowest BCUT2D eigenvalue weighted by atomic mass is 10.3. The summed E-state index contributed by atoms with van der Waals surface area (Å²) in [5.74, 6) is 0.279. The third-order valence-corrected chi connectivity index (χ3v) is 3.17. The Balaban J connectivity index is 2.61. The Hall–Kier alpha value is -1.50. The fourth-order valence-corrected chi connectivity index (χ4v) is 2.13. The molecule has 1 atom stereocenters. The van der Waals surface area contributed by atoms with Crippen LogP contribution < -0.4 is 5.32 Å². The first kappa shape index (κ1) is 14.6. The van der Waals surface area contributed by atoms with Crippen molar-refractivity contribution in [3.05, 3.63) is 11.5 Å². The second-order valence-electron chi connectivity index (χ2n) is 3.71. The number of rotatable bonds is 5. The van der Waals surface area contributed by atoms with Gasteiger partial charge in [0.25, 0.3) is 5.22 Å². The van der Waals surface area contributed by atoms with Crippen LogP contribution in [-0.4, -0.2) is 35.8 Å². The topological polar surface area (TPSA) is 81.4 Å². The molecule has 1 amide bonds. The van der Waals surface area contributed by atoms with Gasteiger partial charge in [0.2, 0.25) is 5.91 Å². The predicted molar refractivity (Wildman–Crippen MR) is 66.3 cm³/mol. The SMILES string of the molecule is COC(=O)C(CSc1nc(C)c(C)o1)NC(C)=O. The first-order valence-electron chi connectivity index (χ1n) is 5.35. The lowest BCUT2D eigenvalue weighted by molar-refractivity contribution is -0.144. The molecule has 1 N–H and O–H groups in total. The van der Waals surface area contributed by atoms with Crippen molar-refractivity contribution in [1.82, 2.24) is 10.3 Å². The molecule has 0 fully saturated rings. The van der Waals surface area contributed by atoms with Gasteiger partial charge in [-0.2, -0.15) is 0 Å². The largest absolute Gasteiger partial charge is 0.467 e. The normalized spacial score (nSPS) is 12.0. The summed E-state index contributed by atoms with van der Waals surface area (Å²) >= 11 is 1.26. The highest BCUT2D eigenvalue weighted by Gasteiger charge is 2.21. The zero-order valence-electron chi connectivity index (χ0n) is 10.8. The van der Waals surface area contributed by atoms with Gasteiger partial charge >= 0.3 is 5.97 Å². The van der Waals surface area contributed by atoms with Crippen LogP contribution in [0.5, 0.6) is 0 Å². The molecular weight excluding hydrogens is 256 g/mol. The number of aromatic nitrogens is 1. The molecule has 1 heterocycles. The van der Waals surface area contributed by atoms with E-state index in [0.29, 0.717) is 11.0 Å². The van der Waals surface area contributed by atoms with E-state index in [1.807, 2.05) is 13.8 Å². The second-order valence-corrected chi connectivity index (χ2v) is 4.68. The molecule has 0 saturated carbocycles. The molecule has 7 heteroatoms. The quantitative estimate of drug-likeness (QED) is 0.637. The monoisotopic (exact) mass is 272 g/mol. The molecule has 18 heavy (non-hydrogen) atoms. The van der Waals surface area contributed by atoms with Crippen LogP contribution >= 0.6 is 11.8 Å². The molecule has 100 valence electrons. The van der Waals surface area contributed by atoms with Gasteiger partial charge in [0.15, 0.2) is 0 Å². The van der Waals surface area contributed by atoms with E-state index in [1.54, 1.807) is 0 Å². The van der Waals surface area contributed by atoms with E-state index < -0.39 is 12.0 Å². The van der Waals surface area contributed by atoms with Crippen molar-refractivity contribution < 1.29 is 18.7 Å². The Bertz CT molecular complexity index is 425.